The van der Waals surface area contributed by atoms with Crippen LogP contribution < -0.4 is 16.2 Å². The summed E-state index contributed by atoms with van der Waals surface area (Å²) in [4.78, 5) is 34.6. The highest BCUT2D eigenvalue weighted by molar-refractivity contribution is 5.94. The number of pyridine rings is 1. The van der Waals surface area contributed by atoms with Crippen LogP contribution in [0.2, 0.25) is 0 Å². The number of anilines is 1. The van der Waals surface area contributed by atoms with Gasteiger partial charge in [-0.25, -0.2) is 4.98 Å². The quantitative estimate of drug-likeness (QED) is 0.373. The lowest BCUT2D eigenvalue weighted by Crippen LogP contribution is -2.23. The van der Waals surface area contributed by atoms with Crippen molar-refractivity contribution in [3.63, 3.8) is 0 Å². The van der Waals surface area contributed by atoms with Crippen LogP contribution in [0.5, 0.6) is 0 Å². The Morgan fingerprint density at radius 2 is 1.71 bits per heavy atom. The van der Waals surface area contributed by atoms with Gasteiger partial charge < -0.3 is 15.1 Å². The molecule has 1 amide bonds. The predicted molar refractivity (Wildman–Crippen MR) is 134 cm³/mol. The first-order valence-electron chi connectivity index (χ1n) is 11.2. The molecule has 3 heterocycles. The van der Waals surface area contributed by atoms with Crippen molar-refractivity contribution in [2.45, 2.75) is 20.0 Å². The first-order chi connectivity index (χ1) is 17.1. The Kier molecular flexibility index (Phi) is 6.09. The molecule has 0 bridgehead atoms. The summed E-state index contributed by atoms with van der Waals surface area (Å²) in [6, 6.07) is 23.6. The number of furan rings is 1. The molecule has 0 saturated heterocycles. The molecule has 2 N–H and O–H groups in total. The van der Waals surface area contributed by atoms with E-state index in [1.165, 1.54) is 10.6 Å². The number of aromatic nitrogens is 3. The van der Waals surface area contributed by atoms with E-state index in [1.54, 1.807) is 48.7 Å². The van der Waals surface area contributed by atoms with Gasteiger partial charge in [-0.15, -0.1) is 0 Å². The van der Waals surface area contributed by atoms with Gasteiger partial charge in [-0.05, 0) is 55.0 Å². The summed E-state index contributed by atoms with van der Waals surface area (Å²) in [5, 5.41) is 6.83. The highest BCUT2D eigenvalue weighted by Crippen LogP contribution is 2.20. The van der Waals surface area contributed by atoms with Gasteiger partial charge in [-0.3, -0.25) is 14.2 Å². The van der Waals surface area contributed by atoms with Gasteiger partial charge in [0.15, 0.2) is 5.65 Å². The van der Waals surface area contributed by atoms with Crippen LogP contribution in [0, 0.1) is 6.92 Å². The molecular weight excluding hydrogens is 442 g/mol. The normalized spacial score (nSPS) is 10.9. The van der Waals surface area contributed by atoms with Crippen molar-refractivity contribution >= 4 is 22.9 Å². The van der Waals surface area contributed by atoms with Crippen LogP contribution in [0.3, 0.4) is 0 Å². The summed E-state index contributed by atoms with van der Waals surface area (Å²) in [7, 11) is 0. The van der Waals surface area contributed by atoms with Crippen molar-refractivity contribution in [3.05, 3.63) is 118 Å². The second-order valence-corrected chi connectivity index (χ2v) is 8.02. The Bertz CT molecular complexity index is 1530. The Balaban J connectivity index is 1.43. The van der Waals surface area contributed by atoms with Crippen molar-refractivity contribution in [2.75, 3.05) is 5.32 Å². The molecule has 0 radical (unpaired) electrons. The molecule has 5 rings (SSSR count). The van der Waals surface area contributed by atoms with Gasteiger partial charge in [0.2, 0.25) is 5.95 Å². The third-order valence-electron chi connectivity index (χ3n) is 5.63. The number of hydrogen-bond donors (Lipinski definition) is 2. The predicted octanol–water partition coefficient (Wildman–Crippen LogP) is 4.22. The van der Waals surface area contributed by atoms with Crippen molar-refractivity contribution in [1.29, 1.82) is 0 Å². The van der Waals surface area contributed by atoms with E-state index >= 15 is 0 Å². The topological polar surface area (TPSA) is 102 Å². The number of aryl methyl sites for hydroxylation is 1. The average Bonchev–Trinajstić information content (AvgIpc) is 3.40. The Labute approximate surface area is 201 Å². The molecule has 174 valence electrons. The molecule has 2 aromatic carbocycles. The second kappa shape index (κ2) is 9.64. The molecule has 8 nitrogen and oxygen atoms in total. The van der Waals surface area contributed by atoms with Crippen molar-refractivity contribution < 1.29 is 9.21 Å². The molecule has 5 aromatic rings. The van der Waals surface area contributed by atoms with Gasteiger partial charge in [-0.1, -0.05) is 30.3 Å². The van der Waals surface area contributed by atoms with Crippen LogP contribution in [0.4, 0.5) is 5.95 Å². The number of benzene rings is 2. The summed E-state index contributed by atoms with van der Waals surface area (Å²) in [6.45, 7) is 2.75. The standard InChI is InChI=1S/C27H23N5O3/c1-18-23-13-14-24(33)32(25(23)31-27(30-18)29-16-19-6-3-2-4-7-19)21-11-9-20(10-12-21)26(34)28-17-22-8-5-15-35-22/h2-15H,16-17H2,1H3,(H,28,34)(H,29,30,31). The van der Waals surface area contributed by atoms with Crippen molar-refractivity contribution in [1.82, 2.24) is 19.9 Å². The number of fused-ring (bicyclic) bond motifs is 1. The van der Waals surface area contributed by atoms with E-state index in [1.807, 2.05) is 37.3 Å². The number of carbonyl (C=O) groups is 1. The van der Waals surface area contributed by atoms with E-state index in [2.05, 4.69) is 20.6 Å². The maximum atomic E-state index is 12.9. The Morgan fingerprint density at radius 3 is 2.46 bits per heavy atom. The van der Waals surface area contributed by atoms with Gasteiger partial charge >= 0.3 is 0 Å². The molecule has 35 heavy (non-hydrogen) atoms. The summed E-state index contributed by atoms with van der Waals surface area (Å²) in [5.41, 5.74) is 3.21. The Morgan fingerprint density at radius 1 is 0.914 bits per heavy atom. The van der Waals surface area contributed by atoms with E-state index in [0.29, 0.717) is 41.7 Å². The zero-order valence-corrected chi connectivity index (χ0v) is 19.1. The molecule has 0 saturated carbocycles. The van der Waals surface area contributed by atoms with Gasteiger partial charge in [0, 0.05) is 23.6 Å². The lowest BCUT2D eigenvalue weighted by atomic mass is 10.1. The molecule has 8 heteroatoms. The molecule has 0 atom stereocenters. The minimum Gasteiger partial charge on any atom is -0.467 e. The molecule has 0 aliphatic carbocycles. The van der Waals surface area contributed by atoms with Crippen LogP contribution in [-0.4, -0.2) is 20.4 Å². The van der Waals surface area contributed by atoms with E-state index in [4.69, 9.17) is 4.42 Å². The fraction of sp³-hybridized carbons (Fsp3) is 0.111. The van der Waals surface area contributed by atoms with Crippen LogP contribution in [-0.2, 0) is 13.1 Å². The largest absolute Gasteiger partial charge is 0.467 e. The minimum absolute atomic E-state index is 0.223. The molecule has 0 fully saturated rings. The highest BCUT2D eigenvalue weighted by Gasteiger charge is 2.13. The van der Waals surface area contributed by atoms with E-state index in [0.717, 1.165) is 16.6 Å². The third kappa shape index (κ3) is 4.81. The number of carbonyl (C=O) groups excluding carboxylic acids is 1. The molecule has 3 aromatic heterocycles. The van der Waals surface area contributed by atoms with Gasteiger partial charge in [0.25, 0.3) is 11.5 Å². The number of rotatable bonds is 7. The Hall–Kier alpha value is -4.72. The summed E-state index contributed by atoms with van der Waals surface area (Å²) in [5.74, 6) is 0.875. The fourth-order valence-electron chi connectivity index (χ4n) is 3.82. The molecule has 0 unspecified atom stereocenters. The summed E-state index contributed by atoms with van der Waals surface area (Å²) < 4.78 is 6.77. The van der Waals surface area contributed by atoms with Crippen LogP contribution in [0.1, 0.15) is 27.4 Å². The smallest absolute Gasteiger partial charge is 0.256 e. The van der Waals surface area contributed by atoms with E-state index in [-0.39, 0.29) is 11.5 Å². The van der Waals surface area contributed by atoms with Gasteiger partial charge in [0.1, 0.15) is 5.76 Å². The SMILES string of the molecule is Cc1nc(NCc2ccccc2)nc2c1ccc(=O)n2-c1ccc(C(=O)NCc2ccco2)cc1. The number of nitrogens with zero attached hydrogens (tertiary/aromatic N) is 3. The van der Waals surface area contributed by atoms with Gasteiger partial charge in [-0.2, -0.15) is 4.98 Å². The number of nitrogens with one attached hydrogen (secondary N) is 2. The maximum absolute atomic E-state index is 12.9. The summed E-state index contributed by atoms with van der Waals surface area (Å²) in [6.07, 6.45) is 1.56. The maximum Gasteiger partial charge on any atom is 0.256 e. The van der Waals surface area contributed by atoms with Crippen molar-refractivity contribution in [3.8, 4) is 5.69 Å². The van der Waals surface area contributed by atoms with E-state index < -0.39 is 0 Å². The molecular formula is C27H23N5O3. The highest BCUT2D eigenvalue weighted by atomic mass is 16.3. The third-order valence-corrected chi connectivity index (χ3v) is 5.63. The summed E-state index contributed by atoms with van der Waals surface area (Å²) >= 11 is 0. The lowest BCUT2D eigenvalue weighted by molar-refractivity contribution is 0.0948. The molecule has 0 spiro atoms. The van der Waals surface area contributed by atoms with E-state index in [9.17, 15) is 9.59 Å². The molecule has 0 aliphatic heterocycles. The number of hydrogen-bond acceptors (Lipinski definition) is 6. The number of amides is 1. The zero-order valence-electron chi connectivity index (χ0n) is 19.1. The zero-order chi connectivity index (χ0) is 24.2. The lowest BCUT2D eigenvalue weighted by Gasteiger charge is -2.13. The minimum atomic E-state index is -0.233. The first-order valence-corrected chi connectivity index (χ1v) is 11.2. The van der Waals surface area contributed by atoms with Crippen LogP contribution >= 0.6 is 0 Å². The first kappa shape index (κ1) is 22.1. The fourth-order valence-corrected chi connectivity index (χ4v) is 3.82. The second-order valence-electron chi connectivity index (χ2n) is 8.02. The monoisotopic (exact) mass is 465 g/mol. The van der Waals surface area contributed by atoms with Crippen LogP contribution in [0.15, 0.2) is 94.3 Å². The van der Waals surface area contributed by atoms with Crippen molar-refractivity contribution in [2.24, 2.45) is 0 Å². The average molecular weight is 466 g/mol. The van der Waals surface area contributed by atoms with Gasteiger partial charge in [0.05, 0.1) is 24.2 Å². The van der Waals surface area contributed by atoms with Crippen LogP contribution in [0.25, 0.3) is 16.7 Å². The molecule has 0 aliphatic rings.